The first-order valence-corrected chi connectivity index (χ1v) is 7.74. The maximum Gasteiger partial charge on any atom is 0.307 e. The number of hydrogen-bond donors (Lipinski definition) is 2. The van der Waals surface area contributed by atoms with Crippen molar-refractivity contribution in [1.82, 2.24) is 15.4 Å². The molecular weight excluding hydrogens is 336 g/mol. The van der Waals surface area contributed by atoms with Crippen LogP contribution >= 0.6 is 0 Å². The Labute approximate surface area is 149 Å². The summed E-state index contributed by atoms with van der Waals surface area (Å²) in [7, 11) is 4.59. The van der Waals surface area contributed by atoms with E-state index in [4.69, 9.17) is 14.2 Å². The van der Waals surface area contributed by atoms with Gasteiger partial charge in [0.1, 0.15) is 0 Å². The van der Waals surface area contributed by atoms with Gasteiger partial charge in [-0.2, -0.15) is 5.10 Å². The minimum Gasteiger partial charge on any atom is -0.493 e. The highest BCUT2D eigenvalue weighted by molar-refractivity contribution is 5.94. The van der Waals surface area contributed by atoms with Crippen LogP contribution in [0.2, 0.25) is 0 Å². The van der Waals surface area contributed by atoms with Gasteiger partial charge in [0.05, 0.1) is 38.6 Å². The van der Waals surface area contributed by atoms with Crippen LogP contribution in [0.3, 0.4) is 0 Å². The predicted molar refractivity (Wildman–Crippen MR) is 97.3 cm³/mol. The van der Waals surface area contributed by atoms with Gasteiger partial charge < -0.3 is 19.2 Å². The Morgan fingerprint density at radius 1 is 1.12 bits per heavy atom. The number of methoxy groups -OCH3 is 3. The van der Waals surface area contributed by atoms with Crippen LogP contribution in [0.15, 0.2) is 41.5 Å². The molecule has 1 aromatic heterocycles. The fourth-order valence-corrected chi connectivity index (χ4v) is 2.45. The third-order valence-electron chi connectivity index (χ3n) is 3.67. The summed E-state index contributed by atoms with van der Waals surface area (Å²) in [6.07, 6.45) is 1.48. The van der Waals surface area contributed by atoms with Crippen molar-refractivity contribution in [3.63, 3.8) is 0 Å². The number of nitrogens with one attached hydrogen (secondary N) is 2. The number of aromatic nitrogens is 2. The first kappa shape index (κ1) is 17.3. The fraction of sp³-hybridized carbons (Fsp3) is 0.167. The van der Waals surface area contributed by atoms with Crippen molar-refractivity contribution >= 4 is 23.2 Å². The van der Waals surface area contributed by atoms with Crippen molar-refractivity contribution in [3.05, 3.63) is 47.8 Å². The second kappa shape index (κ2) is 7.56. The Bertz CT molecular complexity index is 907. The summed E-state index contributed by atoms with van der Waals surface area (Å²) in [6.45, 7) is 0. The molecule has 0 atom stereocenters. The van der Waals surface area contributed by atoms with Crippen molar-refractivity contribution in [3.8, 4) is 17.2 Å². The van der Waals surface area contributed by atoms with Gasteiger partial charge in [0.2, 0.25) is 5.75 Å². The monoisotopic (exact) mass is 354 g/mol. The predicted octanol–water partition coefficient (Wildman–Crippen LogP) is 2.35. The SMILES string of the molecule is COc1cc(/C=N/NC(=O)c2nc3ccccc3[nH]2)cc(OC)c1OC. The first-order chi connectivity index (χ1) is 12.7. The number of aromatic amines is 1. The van der Waals surface area contributed by atoms with Crippen LogP contribution in [0.25, 0.3) is 11.0 Å². The molecule has 2 N–H and O–H groups in total. The molecule has 134 valence electrons. The van der Waals surface area contributed by atoms with Crippen molar-refractivity contribution in [2.24, 2.45) is 5.10 Å². The van der Waals surface area contributed by atoms with E-state index in [0.717, 1.165) is 5.52 Å². The highest BCUT2D eigenvalue weighted by atomic mass is 16.5. The first-order valence-electron chi connectivity index (χ1n) is 7.74. The van der Waals surface area contributed by atoms with Crippen molar-refractivity contribution < 1.29 is 19.0 Å². The number of hydrogen-bond acceptors (Lipinski definition) is 6. The quantitative estimate of drug-likeness (QED) is 0.523. The molecule has 1 heterocycles. The largest absolute Gasteiger partial charge is 0.493 e. The lowest BCUT2D eigenvalue weighted by Crippen LogP contribution is -2.19. The summed E-state index contributed by atoms with van der Waals surface area (Å²) in [5.74, 6) is 1.23. The van der Waals surface area contributed by atoms with Gasteiger partial charge in [-0.15, -0.1) is 0 Å². The Morgan fingerprint density at radius 3 is 2.42 bits per heavy atom. The van der Waals surface area contributed by atoms with E-state index in [2.05, 4.69) is 20.5 Å². The number of amides is 1. The fourth-order valence-electron chi connectivity index (χ4n) is 2.45. The zero-order valence-electron chi connectivity index (χ0n) is 14.6. The maximum atomic E-state index is 12.2. The van der Waals surface area contributed by atoms with Gasteiger partial charge in [-0.3, -0.25) is 4.79 Å². The van der Waals surface area contributed by atoms with Crippen LogP contribution in [-0.4, -0.2) is 43.4 Å². The molecule has 8 nitrogen and oxygen atoms in total. The van der Waals surface area contributed by atoms with E-state index in [1.807, 2.05) is 24.3 Å². The lowest BCUT2D eigenvalue weighted by Gasteiger charge is -2.12. The molecule has 0 saturated carbocycles. The molecule has 0 saturated heterocycles. The number of H-pyrrole nitrogens is 1. The van der Waals surface area contributed by atoms with Gasteiger partial charge in [-0.25, -0.2) is 10.4 Å². The summed E-state index contributed by atoms with van der Waals surface area (Å²) in [4.78, 5) is 19.3. The van der Waals surface area contributed by atoms with Crippen LogP contribution in [0, 0.1) is 0 Å². The third kappa shape index (κ3) is 3.44. The lowest BCUT2D eigenvalue weighted by atomic mass is 10.2. The molecule has 0 unspecified atom stereocenters. The second-order valence-electron chi connectivity index (χ2n) is 5.26. The van der Waals surface area contributed by atoms with Crippen LogP contribution in [-0.2, 0) is 0 Å². The van der Waals surface area contributed by atoms with Crippen molar-refractivity contribution in [1.29, 1.82) is 0 Å². The summed E-state index contributed by atoms with van der Waals surface area (Å²) in [5, 5.41) is 3.96. The van der Waals surface area contributed by atoms with Gasteiger partial charge in [0.15, 0.2) is 17.3 Å². The number of imidazole rings is 1. The number of rotatable bonds is 6. The number of fused-ring (bicyclic) bond motifs is 1. The van der Waals surface area contributed by atoms with E-state index >= 15 is 0 Å². The van der Waals surface area contributed by atoms with Crippen LogP contribution in [0.4, 0.5) is 0 Å². The van der Waals surface area contributed by atoms with Crippen LogP contribution < -0.4 is 19.6 Å². The van der Waals surface area contributed by atoms with Gasteiger partial charge in [-0.05, 0) is 24.3 Å². The zero-order valence-corrected chi connectivity index (χ0v) is 14.6. The zero-order chi connectivity index (χ0) is 18.5. The highest BCUT2D eigenvalue weighted by Gasteiger charge is 2.13. The van der Waals surface area contributed by atoms with Crippen molar-refractivity contribution in [2.75, 3.05) is 21.3 Å². The van der Waals surface area contributed by atoms with Gasteiger partial charge in [0.25, 0.3) is 0 Å². The number of carbonyl (C=O) groups is 1. The normalized spacial score (nSPS) is 10.9. The molecule has 1 amide bonds. The highest BCUT2D eigenvalue weighted by Crippen LogP contribution is 2.37. The Kier molecular flexibility index (Phi) is 5.02. The number of benzene rings is 2. The smallest absolute Gasteiger partial charge is 0.307 e. The number of carbonyl (C=O) groups excluding carboxylic acids is 1. The molecule has 0 aliphatic heterocycles. The van der Waals surface area contributed by atoms with E-state index in [1.54, 1.807) is 12.1 Å². The van der Waals surface area contributed by atoms with Crippen LogP contribution in [0.5, 0.6) is 17.2 Å². The molecule has 26 heavy (non-hydrogen) atoms. The lowest BCUT2D eigenvalue weighted by molar-refractivity contribution is 0.0946. The minimum atomic E-state index is -0.440. The number of ether oxygens (including phenoxy) is 3. The third-order valence-corrected chi connectivity index (χ3v) is 3.67. The van der Waals surface area contributed by atoms with E-state index in [1.165, 1.54) is 27.5 Å². The molecule has 3 aromatic rings. The van der Waals surface area contributed by atoms with E-state index in [0.29, 0.717) is 28.3 Å². The molecule has 2 aromatic carbocycles. The Morgan fingerprint density at radius 2 is 1.81 bits per heavy atom. The van der Waals surface area contributed by atoms with E-state index in [-0.39, 0.29) is 5.82 Å². The molecule has 0 aliphatic carbocycles. The molecule has 0 aliphatic rings. The summed E-state index contributed by atoms with van der Waals surface area (Å²) in [6, 6.07) is 10.8. The molecular formula is C18H18N4O4. The summed E-state index contributed by atoms with van der Waals surface area (Å²) >= 11 is 0. The van der Waals surface area contributed by atoms with E-state index < -0.39 is 5.91 Å². The summed E-state index contributed by atoms with van der Waals surface area (Å²) in [5.41, 5.74) is 4.60. The van der Waals surface area contributed by atoms with E-state index in [9.17, 15) is 4.79 Å². The Hall–Kier alpha value is -3.55. The molecule has 0 bridgehead atoms. The van der Waals surface area contributed by atoms with Crippen LogP contribution in [0.1, 0.15) is 16.2 Å². The molecule has 0 spiro atoms. The average molecular weight is 354 g/mol. The molecule has 0 radical (unpaired) electrons. The Balaban J connectivity index is 1.76. The summed E-state index contributed by atoms with van der Waals surface area (Å²) < 4.78 is 15.8. The van der Waals surface area contributed by atoms with Gasteiger partial charge >= 0.3 is 5.91 Å². The molecule has 8 heteroatoms. The van der Waals surface area contributed by atoms with Gasteiger partial charge in [-0.1, -0.05) is 12.1 Å². The minimum absolute atomic E-state index is 0.188. The molecule has 3 rings (SSSR count). The average Bonchev–Trinajstić information content (AvgIpc) is 3.11. The standard InChI is InChI=1S/C18H18N4O4/c1-24-14-8-11(9-15(25-2)16(14)26-3)10-19-22-18(23)17-20-12-6-4-5-7-13(12)21-17/h4-10H,1-3H3,(H,20,21)(H,22,23)/b19-10+. The maximum absolute atomic E-state index is 12.2. The number of para-hydroxylation sites is 2. The van der Waals surface area contributed by atoms with Crippen molar-refractivity contribution in [2.45, 2.75) is 0 Å². The van der Waals surface area contributed by atoms with Gasteiger partial charge in [0, 0.05) is 5.56 Å². The second-order valence-corrected chi connectivity index (χ2v) is 5.26. The number of nitrogens with zero attached hydrogens (tertiary/aromatic N) is 2. The molecule has 0 fully saturated rings. The number of hydrazone groups is 1. The topological polar surface area (TPSA) is 97.8 Å².